The molecule has 3 heterocycles. The van der Waals surface area contributed by atoms with Gasteiger partial charge in [-0.3, -0.25) is 14.4 Å². The van der Waals surface area contributed by atoms with Crippen molar-refractivity contribution in [3.05, 3.63) is 118 Å². The van der Waals surface area contributed by atoms with Crippen molar-refractivity contribution in [3.8, 4) is 11.5 Å². The van der Waals surface area contributed by atoms with E-state index in [1.54, 1.807) is 16.7 Å². The van der Waals surface area contributed by atoms with Gasteiger partial charge in [-0.2, -0.15) is 11.8 Å². The fourth-order valence-electron chi connectivity index (χ4n) is 6.03. The largest absolute Gasteiger partial charge is 0.488 e. The van der Waals surface area contributed by atoms with Gasteiger partial charge >= 0.3 is 0 Å². The van der Waals surface area contributed by atoms with Gasteiger partial charge in [0.15, 0.2) is 11.5 Å². The molecule has 2 aliphatic rings. The van der Waals surface area contributed by atoms with Crippen molar-refractivity contribution in [2.24, 2.45) is 11.5 Å². The van der Waals surface area contributed by atoms with Gasteiger partial charge < -0.3 is 35.2 Å². The summed E-state index contributed by atoms with van der Waals surface area (Å²) in [5.74, 6) is 0.830. The number of hydrogen-bond acceptors (Lipinski definition) is 10. The van der Waals surface area contributed by atoms with E-state index in [4.69, 9.17) is 30.3 Å². The van der Waals surface area contributed by atoms with Crippen LogP contribution in [0, 0.1) is 0 Å². The zero-order valence-corrected chi connectivity index (χ0v) is 29.4. The van der Waals surface area contributed by atoms with E-state index < -0.39 is 23.3 Å². The normalized spacial score (nSPS) is 17.2. The van der Waals surface area contributed by atoms with E-state index in [-0.39, 0.29) is 35.1 Å². The minimum absolute atomic E-state index is 0.00772. The highest BCUT2D eigenvalue weighted by Crippen LogP contribution is 2.37. The zero-order valence-electron chi connectivity index (χ0n) is 28.6. The second-order valence-corrected chi connectivity index (χ2v) is 13.9. The molecule has 1 fully saturated rings. The molecule has 3 amide bonds. The SMILES string of the molecule is CC(C)c1cc(CCc2onc(C(N)=O)c2C2=CC(C(N)=O)(C(=O)N3CCSCC3)NO2)c(OCc2ccccc2)cc1OCc1ccccc1. The van der Waals surface area contributed by atoms with Gasteiger partial charge in [0.25, 0.3) is 17.7 Å². The quantitative estimate of drug-likeness (QED) is 0.158. The van der Waals surface area contributed by atoms with Crippen LogP contribution >= 0.6 is 11.8 Å². The Bertz CT molecular complexity index is 1910. The third kappa shape index (κ3) is 7.89. The summed E-state index contributed by atoms with van der Waals surface area (Å²) >= 11 is 1.72. The van der Waals surface area contributed by atoms with Crippen LogP contribution in [0.15, 0.2) is 83.4 Å². The minimum atomic E-state index is -1.99. The predicted octanol–water partition coefficient (Wildman–Crippen LogP) is 4.52. The van der Waals surface area contributed by atoms with Crippen LogP contribution in [0.1, 0.15) is 63.8 Å². The number of benzene rings is 3. The van der Waals surface area contributed by atoms with Crippen molar-refractivity contribution in [2.45, 2.75) is 51.4 Å². The Morgan fingerprint density at radius 3 is 2.14 bits per heavy atom. The van der Waals surface area contributed by atoms with Gasteiger partial charge in [0, 0.05) is 43.2 Å². The lowest BCUT2D eigenvalue weighted by atomic mass is 9.94. The van der Waals surface area contributed by atoms with Gasteiger partial charge in [-0.25, -0.2) is 0 Å². The Morgan fingerprint density at radius 2 is 1.55 bits per heavy atom. The molecule has 13 heteroatoms. The zero-order chi connectivity index (χ0) is 36.0. The van der Waals surface area contributed by atoms with Crippen LogP contribution in [0.4, 0.5) is 0 Å². The van der Waals surface area contributed by atoms with Gasteiger partial charge in [0.2, 0.25) is 5.54 Å². The Balaban J connectivity index is 1.32. The first kappa shape index (κ1) is 35.6. The number of hydroxylamine groups is 1. The van der Waals surface area contributed by atoms with Gasteiger partial charge in [-0.15, -0.1) is 5.48 Å². The minimum Gasteiger partial charge on any atom is -0.488 e. The van der Waals surface area contributed by atoms with Crippen LogP contribution in [-0.2, 0) is 40.5 Å². The Hall–Kier alpha value is -5.27. The monoisotopic (exact) mass is 711 g/mol. The summed E-state index contributed by atoms with van der Waals surface area (Å²) in [6, 6.07) is 23.8. The lowest BCUT2D eigenvalue weighted by molar-refractivity contribution is -0.145. The van der Waals surface area contributed by atoms with E-state index in [9.17, 15) is 14.4 Å². The summed E-state index contributed by atoms with van der Waals surface area (Å²) < 4.78 is 18.4. The molecule has 0 bridgehead atoms. The highest BCUT2D eigenvalue weighted by Gasteiger charge is 2.51. The average Bonchev–Trinajstić information content (AvgIpc) is 3.79. The van der Waals surface area contributed by atoms with E-state index in [1.807, 2.05) is 66.7 Å². The summed E-state index contributed by atoms with van der Waals surface area (Å²) in [6.07, 6.45) is 1.92. The first-order valence-electron chi connectivity index (χ1n) is 16.8. The summed E-state index contributed by atoms with van der Waals surface area (Å²) in [6.45, 7) is 5.83. The van der Waals surface area contributed by atoms with E-state index >= 15 is 0 Å². The van der Waals surface area contributed by atoms with E-state index in [2.05, 4.69) is 30.6 Å². The molecule has 4 aromatic rings. The molecule has 1 saturated heterocycles. The molecule has 0 spiro atoms. The molecule has 1 unspecified atom stereocenters. The lowest BCUT2D eigenvalue weighted by Crippen LogP contribution is -2.62. The van der Waals surface area contributed by atoms with Crippen LogP contribution < -0.4 is 26.4 Å². The average molecular weight is 712 g/mol. The second kappa shape index (κ2) is 15.7. The molecule has 2 aliphatic heterocycles. The summed E-state index contributed by atoms with van der Waals surface area (Å²) in [5, 5.41) is 3.95. The molecule has 1 aromatic heterocycles. The molecule has 0 saturated carbocycles. The molecule has 5 N–H and O–H groups in total. The number of ether oxygens (including phenoxy) is 2. The number of carbonyl (C=O) groups is 3. The topological polar surface area (TPSA) is 172 Å². The first-order valence-corrected chi connectivity index (χ1v) is 17.9. The molecule has 12 nitrogen and oxygen atoms in total. The first-order chi connectivity index (χ1) is 24.7. The van der Waals surface area contributed by atoms with Crippen molar-refractivity contribution in [1.82, 2.24) is 15.5 Å². The van der Waals surface area contributed by atoms with Crippen molar-refractivity contribution in [1.29, 1.82) is 0 Å². The van der Waals surface area contributed by atoms with Gasteiger partial charge in [-0.1, -0.05) is 79.7 Å². The van der Waals surface area contributed by atoms with Crippen LogP contribution in [0.25, 0.3) is 5.76 Å². The van der Waals surface area contributed by atoms with Crippen molar-refractivity contribution in [2.75, 3.05) is 24.6 Å². The van der Waals surface area contributed by atoms with Crippen LogP contribution in [0.2, 0.25) is 0 Å². The van der Waals surface area contributed by atoms with Gasteiger partial charge in [0.05, 0.1) is 5.56 Å². The number of nitrogens with two attached hydrogens (primary N) is 2. The van der Waals surface area contributed by atoms with Crippen LogP contribution in [0.5, 0.6) is 11.5 Å². The van der Waals surface area contributed by atoms with Gasteiger partial charge in [0.1, 0.15) is 30.5 Å². The summed E-state index contributed by atoms with van der Waals surface area (Å²) in [5.41, 5.74) is 15.9. The summed E-state index contributed by atoms with van der Waals surface area (Å²) in [4.78, 5) is 46.2. The predicted molar refractivity (Wildman–Crippen MR) is 193 cm³/mol. The maximum atomic E-state index is 13.6. The number of nitrogens with zero attached hydrogens (tertiary/aromatic N) is 2. The van der Waals surface area contributed by atoms with Crippen molar-refractivity contribution in [3.63, 3.8) is 0 Å². The third-order valence-corrected chi connectivity index (χ3v) is 9.79. The number of thioether (sulfide) groups is 1. The number of amides is 3. The third-order valence-electron chi connectivity index (χ3n) is 8.85. The Kier molecular flexibility index (Phi) is 11.0. The number of aryl methyl sites for hydroxylation is 2. The number of rotatable bonds is 14. The summed E-state index contributed by atoms with van der Waals surface area (Å²) in [7, 11) is 0. The van der Waals surface area contributed by atoms with Crippen LogP contribution in [0.3, 0.4) is 0 Å². The van der Waals surface area contributed by atoms with Crippen LogP contribution in [-0.4, -0.2) is 57.9 Å². The number of hydrogen-bond donors (Lipinski definition) is 3. The smallest absolute Gasteiger partial charge is 0.271 e. The number of primary amides is 2. The molecule has 3 aromatic carbocycles. The highest BCUT2D eigenvalue weighted by molar-refractivity contribution is 7.99. The van der Waals surface area contributed by atoms with Crippen molar-refractivity contribution < 1.29 is 33.2 Å². The fraction of sp³-hybridized carbons (Fsp3) is 0.316. The van der Waals surface area contributed by atoms with Gasteiger partial charge in [-0.05, 0) is 40.7 Å². The molecule has 51 heavy (non-hydrogen) atoms. The van der Waals surface area contributed by atoms with Crippen molar-refractivity contribution >= 4 is 35.2 Å². The maximum absolute atomic E-state index is 13.6. The molecular formula is C38H41N5O7S. The molecule has 0 aliphatic carbocycles. The number of carbonyl (C=O) groups excluding carboxylic acids is 3. The maximum Gasteiger partial charge on any atom is 0.271 e. The standard InChI is InChI=1S/C38H41N5O7S/c1-24(2)28-19-27(30(47-22-25-9-5-3-6-10-25)20-31(28)48-23-26-11-7-4-8-12-26)13-14-29-33(34(35(39)44)41-49-29)32-21-38(36(40)45,42-50-32)37(46)43-15-17-51-18-16-43/h3-12,19-21,24,42H,13-18,22-23H2,1-2H3,(H2,39,44)(H2,40,45). The van der Waals surface area contributed by atoms with E-state index in [0.29, 0.717) is 44.2 Å². The molecule has 266 valence electrons. The Morgan fingerprint density at radius 1 is 0.922 bits per heavy atom. The van der Waals surface area contributed by atoms with E-state index in [1.165, 1.54) is 6.08 Å². The molecular weight excluding hydrogens is 671 g/mol. The van der Waals surface area contributed by atoms with E-state index in [0.717, 1.165) is 33.8 Å². The number of nitrogens with one attached hydrogen (secondary N) is 1. The fourth-order valence-corrected chi connectivity index (χ4v) is 6.93. The lowest BCUT2D eigenvalue weighted by Gasteiger charge is -2.32. The molecule has 6 rings (SSSR count). The number of aromatic nitrogens is 1. The molecule has 0 radical (unpaired) electrons. The second-order valence-electron chi connectivity index (χ2n) is 12.7. The highest BCUT2D eigenvalue weighted by atomic mass is 32.2. The Labute approximate surface area is 300 Å². The molecule has 1 atom stereocenters.